The van der Waals surface area contributed by atoms with Crippen molar-refractivity contribution in [2.75, 3.05) is 13.1 Å². The van der Waals surface area contributed by atoms with Gasteiger partial charge in [0.1, 0.15) is 5.41 Å². The third-order valence-corrected chi connectivity index (χ3v) is 5.09. The van der Waals surface area contributed by atoms with E-state index in [0.717, 1.165) is 45.2 Å². The highest BCUT2D eigenvalue weighted by Crippen LogP contribution is 2.41. The zero-order valence-electron chi connectivity index (χ0n) is 12.7. The summed E-state index contributed by atoms with van der Waals surface area (Å²) in [5.41, 5.74) is 5.42. The van der Waals surface area contributed by atoms with Crippen molar-refractivity contribution in [1.82, 2.24) is 4.90 Å². The van der Waals surface area contributed by atoms with Crippen LogP contribution in [0.1, 0.15) is 58.8 Å². The van der Waals surface area contributed by atoms with Gasteiger partial charge in [-0.3, -0.25) is 4.79 Å². The monoisotopic (exact) mass is 281 g/mol. The predicted octanol–water partition coefficient (Wildman–Crippen LogP) is 2.33. The number of nitrogens with zero attached hydrogens (tertiary/aromatic N) is 2. The minimum atomic E-state index is -0.747. The smallest absolute Gasteiger partial charge is 0.236 e. The number of carbonyl (C=O) groups excluding carboxylic acids is 1. The number of nitrogens with two attached hydrogens (primary N) is 1. The average molecular weight is 281 g/mol. The van der Waals surface area contributed by atoms with Crippen molar-refractivity contribution >= 4 is 11.7 Å². The highest BCUT2D eigenvalue weighted by atomic mass is 16.4. The summed E-state index contributed by atoms with van der Waals surface area (Å²) in [6, 6.07) is 0. The second-order valence-electron chi connectivity index (χ2n) is 7.08. The highest BCUT2D eigenvalue weighted by molar-refractivity contribution is 6.07. The van der Waals surface area contributed by atoms with Gasteiger partial charge in [0.15, 0.2) is 5.84 Å². The Morgan fingerprint density at radius 2 is 1.75 bits per heavy atom. The minimum Gasteiger partial charge on any atom is -0.409 e. The molecule has 1 amide bonds. The fraction of sp³-hybridized carbons (Fsp3) is 0.867. The molecule has 2 fully saturated rings. The Hall–Kier alpha value is -1.26. The third-order valence-electron chi connectivity index (χ3n) is 5.09. The molecule has 3 N–H and O–H groups in total. The van der Waals surface area contributed by atoms with Gasteiger partial charge in [-0.2, -0.15) is 0 Å². The maximum atomic E-state index is 12.9. The molecule has 0 aromatic heterocycles. The molecule has 0 spiro atoms. The minimum absolute atomic E-state index is 0.0722. The van der Waals surface area contributed by atoms with E-state index in [2.05, 4.69) is 19.0 Å². The molecule has 1 heterocycles. The van der Waals surface area contributed by atoms with Crippen LogP contribution in [0, 0.1) is 10.8 Å². The van der Waals surface area contributed by atoms with Gasteiger partial charge in [-0.15, -0.1) is 0 Å². The lowest BCUT2D eigenvalue weighted by atomic mass is 9.83. The lowest BCUT2D eigenvalue weighted by molar-refractivity contribution is -0.138. The van der Waals surface area contributed by atoms with Crippen LogP contribution in [0.15, 0.2) is 5.16 Å². The van der Waals surface area contributed by atoms with Gasteiger partial charge in [0.2, 0.25) is 5.91 Å². The summed E-state index contributed by atoms with van der Waals surface area (Å²) in [5, 5.41) is 12.2. The Labute approximate surface area is 121 Å². The van der Waals surface area contributed by atoms with E-state index >= 15 is 0 Å². The van der Waals surface area contributed by atoms with E-state index in [1.54, 1.807) is 0 Å². The summed E-state index contributed by atoms with van der Waals surface area (Å²) < 4.78 is 0. The lowest BCUT2D eigenvalue weighted by Gasteiger charge is -2.33. The number of carbonyl (C=O) groups is 1. The molecule has 2 rings (SSSR count). The molecule has 0 bridgehead atoms. The topological polar surface area (TPSA) is 78.9 Å². The Morgan fingerprint density at radius 1 is 1.10 bits per heavy atom. The first-order chi connectivity index (χ1) is 9.41. The molecular formula is C15H27N3O2. The van der Waals surface area contributed by atoms with Gasteiger partial charge in [-0.1, -0.05) is 31.8 Å². The molecule has 1 aliphatic heterocycles. The van der Waals surface area contributed by atoms with E-state index in [-0.39, 0.29) is 11.7 Å². The molecule has 1 aliphatic carbocycles. The van der Waals surface area contributed by atoms with Crippen LogP contribution in [0.4, 0.5) is 0 Å². The number of hydrogen-bond donors (Lipinski definition) is 2. The molecule has 0 aromatic carbocycles. The van der Waals surface area contributed by atoms with Gasteiger partial charge in [0, 0.05) is 13.1 Å². The van der Waals surface area contributed by atoms with Crippen molar-refractivity contribution in [3.63, 3.8) is 0 Å². The van der Waals surface area contributed by atoms with Crippen molar-refractivity contribution in [3.8, 4) is 0 Å². The van der Waals surface area contributed by atoms with Crippen LogP contribution in [-0.2, 0) is 4.79 Å². The summed E-state index contributed by atoms with van der Waals surface area (Å²) >= 11 is 0. The second kappa shape index (κ2) is 5.62. The molecule has 114 valence electrons. The van der Waals surface area contributed by atoms with Crippen LogP contribution >= 0.6 is 0 Å². The molecular weight excluding hydrogens is 254 g/mol. The summed E-state index contributed by atoms with van der Waals surface area (Å²) in [6.07, 6.45) is 6.56. The van der Waals surface area contributed by atoms with Crippen LogP contribution in [0.5, 0.6) is 0 Å². The van der Waals surface area contributed by atoms with Crippen molar-refractivity contribution in [1.29, 1.82) is 0 Å². The molecule has 1 saturated carbocycles. The number of amides is 1. The number of amidine groups is 1. The zero-order chi connectivity index (χ0) is 14.8. The molecule has 0 radical (unpaired) electrons. The summed E-state index contributed by atoms with van der Waals surface area (Å²) in [7, 11) is 0. The Balaban J connectivity index is 2.16. The van der Waals surface area contributed by atoms with E-state index < -0.39 is 5.41 Å². The van der Waals surface area contributed by atoms with E-state index in [0.29, 0.717) is 18.3 Å². The zero-order valence-corrected chi connectivity index (χ0v) is 12.7. The lowest BCUT2D eigenvalue weighted by Crippen LogP contribution is -2.50. The summed E-state index contributed by atoms with van der Waals surface area (Å²) in [5.74, 6) is 0.173. The van der Waals surface area contributed by atoms with Gasteiger partial charge in [0.05, 0.1) is 0 Å². The normalized spacial score (nSPS) is 26.3. The summed E-state index contributed by atoms with van der Waals surface area (Å²) in [6.45, 7) is 6.10. The molecule has 0 aromatic rings. The van der Waals surface area contributed by atoms with Crippen LogP contribution in [0.2, 0.25) is 0 Å². The Bertz CT molecular complexity index is 398. The van der Waals surface area contributed by atoms with E-state index in [4.69, 9.17) is 10.9 Å². The summed E-state index contributed by atoms with van der Waals surface area (Å²) in [4.78, 5) is 14.9. The Morgan fingerprint density at radius 3 is 2.35 bits per heavy atom. The number of oxime groups is 1. The SMILES string of the molecule is CC1(C)CCCN(C(=O)C2(C(N)=NO)CCCC2)CC1. The number of hydrogen-bond acceptors (Lipinski definition) is 3. The van der Waals surface area contributed by atoms with E-state index in [1.165, 1.54) is 0 Å². The maximum absolute atomic E-state index is 12.9. The Kier molecular flexibility index (Phi) is 4.25. The first-order valence-corrected chi connectivity index (χ1v) is 7.69. The van der Waals surface area contributed by atoms with Crippen molar-refractivity contribution in [2.45, 2.75) is 58.8 Å². The van der Waals surface area contributed by atoms with Gasteiger partial charge < -0.3 is 15.8 Å². The number of likely N-dealkylation sites (tertiary alicyclic amines) is 1. The quantitative estimate of drug-likeness (QED) is 0.353. The van der Waals surface area contributed by atoms with Gasteiger partial charge in [-0.25, -0.2) is 0 Å². The molecule has 0 atom stereocenters. The fourth-order valence-electron chi connectivity index (χ4n) is 3.58. The van der Waals surface area contributed by atoms with E-state index in [1.807, 2.05) is 4.90 Å². The van der Waals surface area contributed by atoms with Gasteiger partial charge in [0.25, 0.3) is 0 Å². The predicted molar refractivity (Wildman–Crippen MR) is 78.5 cm³/mol. The molecule has 20 heavy (non-hydrogen) atoms. The standard InChI is InChI=1S/C15H27N3O2/c1-14(2)6-5-10-18(11-9-14)13(19)15(12(16)17-20)7-3-4-8-15/h20H,3-11H2,1-2H3,(H2,16,17). The molecule has 5 heteroatoms. The average Bonchev–Trinajstić information content (AvgIpc) is 2.84. The van der Waals surface area contributed by atoms with Gasteiger partial charge >= 0.3 is 0 Å². The van der Waals surface area contributed by atoms with Crippen LogP contribution in [0.25, 0.3) is 0 Å². The molecule has 1 saturated heterocycles. The van der Waals surface area contributed by atoms with Crippen LogP contribution in [-0.4, -0.2) is 34.9 Å². The van der Waals surface area contributed by atoms with Gasteiger partial charge in [-0.05, 0) is 37.5 Å². The van der Waals surface area contributed by atoms with Crippen molar-refractivity contribution < 1.29 is 10.0 Å². The van der Waals surface area contributed by atoms with Crippen molar-refractivity contribution in [2.24, 2.45) is 21.7 Å². The first-order valence-electron chi connectivity index (χ1n) is 7.69. The van der Waals surface area contributed by atoms with Crippen molar-refractivity contribution in [3.05, 3.63) is 0 Å². The third kappa shape index (κ3) is 2.76. The van der Waals surface area contributed by atoms with Crippen LogP contribution in [0.3, 0.4) is 0 Å². The van der Waals surface area contributed by atoms with E-state index in [9.17, 15) is 4.79 Å². The molecule has 2 aliphatic rings. The second-order valence-corrected chi connectivity index (χ2v) is 7.08. The fourth-order valence-corrected chi connectivity index (χ4v) is 3.58. The largest absolute Gasteiger partial charge is 0.409 e. The highest BCUT2D eigenvalue weighted by Gasteiger charge is 2.47. The number of rotatable bonds is 2. The first kappa shape index (κ1) is 15.1. The molecule has 5 nitrogen and oxygen atoms in total. The maximum Gasteiger partial charge on any atom is 0.236 e. The molecule has 0 unspecified atom stereocenters. The van der Waals surface area contributed by atoms with Crippen LogP contribution < -0.4 is 5.73 Å².